The number of piperidine rings is 1. The van der Waals surface area contributed by atoms with Crippen molar-refractivity contribution in [3.05, 3.63) is 42.3 Å². The van der Waals surface area contributed by atoms with Gasteiger partial charge in [0.1, 0.15) is 5.82 Å². The lowest BCUT2D eigenvalue weighted by atomic mass is 10.0. The highest BCUT2D eigenvalue weighted by molar-refractivity contribution is 5.48. The lowest BCUT2D eigenvalue weighted by Crippen LogP contribution is -2.42. The van der Waals surface area contributed by atoms with E-state index in [-0.39, 0.29) is 11.9 Å². The Hall–Kier alpha value is -2.37. The van der Waals surface area contributed by atoms with Crippen LogP contribution in [-0.4, -0.2) is 36.2 Å². The molecule has 1 aromatic carbocycles. The Bertz CT molecular complexity index is 637. The SMILES string of the molecule is COc1ccnc(NC2CCCN(c3ccccc3F)C2)n1. The topological polar surface area (TPSA) is 50.3 Å². The molecular formula is C16H19FN4O. The van der Waals surface area contributed by atoms with Crippen molar-refractivity contribution in [3.8, 4) is 5.88 Å². The van der Waals surface area contributed by atoms with E-state index >= 15 is 0 Å². The molecule has 2 aromatic rings. The van der Waals surface area contributed by atoms with Gasteiger partial charge in [-0.3, -0.25) is 0 Å². The van der Waals surface area contributed by atoms with Crippen molar-refractivity contribution in [1.29, 1.82) is 0 Å². The fourth-order valence-electron chi connectivity index (χ4n) is 2.73. The summed E-state index contributed by atoms with van der Waals surface area (Å²) in [4.78, 5) is 10.5. The predicted octanol–water partition coefficient (Wildman–Crippen LogP) is 2.71. The first-order valence-corrected chi connectivity index (χ1v) is 7.39. The number of rotatable bonds is 4. The average molecular weight is 302 g/mol. The van der Waals surface area contributed by atoms with Crippen LogP contribution in [0.25, 0.3) is 0 Å². The van der Waals surface area contributed by atoms with Gasteiger partial charge in [0.05, 0.1) is 12.8 Å². The van der Waals surface area contributed by atoms with Crippen molar-refractivity contribution in [2.24, 2.45) is 0 Å². The van der Waals surface area contributed by atoms with E-state index < -0.39 is 0 Å². The minimum atomic E-state index is -0.180. The molecule has 3 rings (SSSR count). The molecular weight excluding hydrogens is 283 g/mol. The second-order valence-electron chi connectivity index (χ2n) is 5.30. The van der Waals surface area contributed by atoms with Gasteiger partial charge >= 0.3 is 0 Å². The number of nitrogens with one attached hydrogen (secondary N) is 1. The summed E-state index contributed by atoms with van der Waals surface area (Å²) in [6.07, 6.45) is 3.66. The minimum absolute atomic E-state index is 0.180. The third-order valence-corrected chi connectivity index (χ3v) is 3.79. The number of nitrogens with zero attached hydrogens (tertiary/aromatic N) is 3. The molecule has 1 saturated heterocycles. The van der Waals surface area contributed by atoms with Gasteiger partial charge in [-0.05, 0) is 25.0 Å². The summed E-state index contributed by atoms with van der Waals surface area (Å²) in [7, 11) is 1.58. The van der Waals surface area contributed by atoms with Crippen LogP contribution in [0.3, 0.4) is 0 Å². The van der Waals surface area contributed by atoms with Crippen LogP contribution in [0, 0.1) is 5.82 Å². The van der Waals surface area contributed by atoms with Crippen LogP contribution in [0.15, 0.2) is 36.5 Å². The van der Waals surface area contributed by atoms with Gasteiger partial charge in [0.2, 0.25) is 11.8 Å². The molecule has 2 heterocycles. The molecule has 0 radical (unpaired) electrons. The highest BCUT2D eigenvalue weighted by atomic mass is 19.1. The average Bonchev–Trinajstić information content (AvgIpc) is 2.56. The van der Waals surface area contributed by atoms with Crippen molar-refractivity contribution in [2.45, 2.75) is 18.9 Å². The molecule has 1 fully saturated rings. The van der Waals surface area contributed by atoms with E-state index in [0.717, 1.165) is 25.9 Å². The van der Waals surface area contributed by atoms with Crippen LogP contribution in [-0.2, 0) is 0 Å². The van der Waals surface area contributed by atoms with Crippen molar-refractivity contribution in [2.75, 3.05) is 30.4 Å². The summed E-state index contributed by atoms with van der Waals surface area (Å²) in [5.41, 5.74) is 0.653. The molecule has 0 amide bonds. The van der Waals surface area contributed by atoms with Gasteiger partial charge in [0, 0.05) is 31.4 Å². The maximum Gasteiger partial charge on any atom is 0.226 e. The maximum atomic E-state index is 13.9. The summed E-state index contributed by atoms with van der Waals surface area (Å²) < 4.78 is 19.0. The molecule has 1 N–H and O–H groups in total. The first kappa shape index (κ1) is 14.6. The molecule has 22 heavy (non-hydrogen) atoms. The highest BCUT2D eigenvalue weighted by Gasteiger charge is 2.22. The lowest BCUT2D eigenvalue weighted by molar-refractivity contribution is 0.397. The van der Waals surface area contributed by atoms with E-state index in [1.54, 1.807) is 25.4 Å². The Balaban J connectivity index is 1.69. The number of para-hydroxylation sites is 1. The highest BCUT2D eigenvalue weighted by Crippen LogP contribution is 2.24. The molecule has 0 aliphatic carbocycles. The van der Waals surface area contributed by atoms with Gasteiger partial charge in [-0.2, -0.15) is 4.98 Å². The number of hydrogen-bond acceptors (Lipinski definition) is 5. The molecule has 1 atom stereocenters. The number of hydrogen-bond donors (Lipinski definition) is 1. The maximum absolute atomic E-state index is 13.9. The van der Waals surface area contributed by atoms with Gasteiger partial charge in [-0.25, -0.2) is 9.37 Å². The van der Waals surface area contributed by atoms with Crippen LogP contribution in [0.4, 0.5) is 16.0 Å². The van der Waals surface area contributed by atoms with E-state index in [1.807, 2.05) is 12.1 Å². The number of methoxy groups -OCH3 is 1. The second kappa shape index (κ2) is 6.60. The Kier molecular flexibility index (Phi) is 4.37. The number of anilines is 2. The molecule has 0 saturated carbocycles. The van der Waals surface area contributed by atoms with Gasteiger partial charge in [-0.15, -0.1) is 0 Å². The smallest absolute Gasteiger partial charge is 0.226 e. The van der Waals surface area contributed by atoms with E-state index in [9.17, 15) is 4.39 Å². The van der Waals surface area contributed by atoms with Crippen molar-refractivity contribution >= 4 is 11.6 Å². The zero-order valence-electron chi connectivity index (χ0n) is 12.5. The minimum Gasteiger partial charge on any atom is -0.481 e. The first-order valence-electron chi connectivity index (χ1n) is 7.39. The first-order chi connectivity index (χ1) is 10.8. The standard InChI is InChI=1S/C16H19FN4O/c1-22-15-8-9-18-16(20-15)19-12-5-4-10-21(11-12)14-7-3-2-6-13(14)17/h2-3,6-9,12H,4-5,10-11H2,1H3,(H,18,19,20). The number of ether oxygens (including phenoxy) is 1. The fourth-order valence-corrected chi connectivity index (χ4v) is 2.73. The zero-order chi connectivity index (χ0) is 15.4. The van der Waals surface area contributed by atoms with Crippen LogP contribution in [0.5, 0.6) is 5.88 Å². The molecule has 116 valence electrons. The summed E-state index contributed by atoms with van der Waals surface area (Å²) in [5, 5.41) is 3.31. The van der Waals surface area contributed by atoms with Crippen molar-refractivity contribution in [1.82, 2.24) is 9.97 Å². The van der Waals surface area contributed by atoms with E-state index in [4.69, 9.17) is 4.74 Å². The number of benzene rings is 1. The fraction of sp³-hybridized carbons (Fsp3) is 0.375. The normalized spacial score (nSPS) is 18.1. The number of aromatic nitrogens is 2. The second-order valence-corrected chi connectivity index (χ2v) is 5.30. The van der Waals surface area contributed by atoms with Crippen LogP contribution in [0.1, 0.15) is 12.8 Å². The molecule has 1 aliphatic rings. The van der Waals surface area contributed by atoms with Crippen LogP contribution >= 0.6 is 0 Å². The molecule has 0 bridgehead atoms. The van der Waals surface area contributed by atoms with Crippen LogP contribution < -0.4 is 15.0 Å². The zero-order valence-corrected chi connectivity index (χ0v) is 12.5. The molecule has 5 nitrogen and oxygen atoms in total. The summed E-state index contributed by atoms with van der Waals surface area (Å²) in [5.74, 6) is 0.889. The Morgan fingerprint density at radius 3 is 3.00 bits per heavy atom. The quantitative estimate of drug-likeness (QED) is 0.941. The van der Waals surface area contributed by atoms with E-state index in [2.05, 4.69) is 20.2 Å². The van der Waals surface area contributed by atoms with E-state index in [1.165, 1.54) is 6.07 Å². The summed E-state index contributed by atoms with van der Waals surface area (Å²) >= 11 is 0. The molecule has 1 unspecified atom stereocenters. The summed E-state index contributed by atoms with van der Waals surface area (Å²) in [6, 6.07) is 8.78. The van der Waals surface area contributed by atoms with Crippen molar-refractivity contribution < 1.29 is 9.13 Å². The van der Waals surface area contributed by atoms with Crippen LogP contribution in [0.2, 0.25) is 0 Å². The van der Waals surface area contributed by atoms with Crippen molar-refractivity contribution in [3.63, 3.8) is 0 Å². The third kappa shape index (κ3) is 3.27. The Morgan fingerprint density at radius 2 is 2.18 bits per heavy atom. The lowest BCUT2D eigenvalue weighted by Gasteiger charge is -2.34. The molecule has 1 aliphatic heterocycles. The molecule has 6 heteroatoms. The Morgan fingerprint density at radius 1 is 1.32 bits per heavy atom. The third-order valence-electron chi connectivity index (χ3n) is 3.79. The monoisotopic (exact) mass is 302 g/mol. The van der Waals surface area contributed by atoms with Gasteiger partial charge < -0.3 is 15.0 Å². The predicted molar refractivity (Wildman–Crippen MR) is 83.8 cm³/mol. The Labute approximate surface area is 129 Å². The number of halogens is 1. The van der Waals surface area contributed by atoms with Gasteiger partial charge in [0.25, 0.3) is 0 Å². The summed E-state index contributed by atoms with van der Waals surface area (Å²) in [6.45, 7) is 1.58. The largest absolute Gasteiger partial charge is 0.481 e. The molecule has 0 spiro atoms. The van der Waals surface area contributed by atoms with Gasteiger partial charge in [0.15, 0.2) is 0 Å². The van der Waals surface area contributed by atoms with E-state index in [0.29, 0.717) is 17.5 Å². The molecule has 1 aromatic heterocycles. The van der Waals surface area contributed by atoms with Gasteiger partial charge in [-0.1, -0.05) is 12.1 Å².